The summed E-state index contributed by atoms with van der Waals surface area (Å²) in [6.07, 6.45) is 5.55. The van der Waals surface area contributed by atoms with Gasteiger partial charge in [0.15, 0.2) is 0 Å². The van der Waals surface area contributed by atoms with E-state index in [0.29, 0.717) is 12.2 Å². The summed E-state index contributed by atoms with van der Waals surface area (Å²) < 4.78 is 28.2. The van der Waals surface area contributed by atoms with Crippen molar-refractivity contribution < 1.29 is 8.42 Å². The van der Waals surface area contributed by atoms with Crippen molar-refractivity contribution in [1.82, 2.24) is 14.8 Å². The number of hydrogen-bond acceptors (Lipinski definition) is 3. The molecule has 0 unspecified atom stereocenters. The second-order valence-corrected chi connectivity index (χ2v) is 5.42. The highest BCUT2D eigenvalue weighted by molar-refractivity contribution is 7.92. The van der Waals surface area contributed by atoms with Crippen LogP contribution in [0.1, 0.15) is 12.5 Å². The SMILES string of the molecule is CCc1cn[nH]c1NS(=O)(=O)c1ccn(C)c1. The Balaban J connectivity index is 2.29. The van der Waals surface area contributed by atoms with Crippen LogP contribution in [0.15, 0.2) is 29.6 Å². The summed E-state index contributed by atoms with van der Waals surface area (Å²) in [5.74, 6) is 0.427. The fraction of sp³-hybridized carbons (Fsp3) is 0.300. The summed E-state index contributed by atoms with van der Waals surface area (Å²) in [5, 5.41) is 6.46. The molecule has 0 saturated carbocycles. The zero-order chi connectivity index (χ0) is 12.5. The van der Waals surface area contributed by atoms with E-state index in [2.05, 4.69) is 14.9 Å². The van der Waals surface area contributed by atoms with Crippen molar-refractivity contribution in [3.05, 3.63) is 30.2 Å². The Kier molecular flexibility index (Phi) is 2.93. The van der Waals surface area contributed by atoms with E-state index in [-0.39, 0.29) is 4.90 Å². The van der Waals surface area contributed by atoms with Crippen LogP contribution in [-0.2, 0) is 23.5 Å². The zero-order valence-corrected chi connectivity index (χ0v) is 10.5. The Morgan fingerprint density at radius 1 is 1.53 bits per heavy atom. The van der Waals surface area contributed by atoms with Gasteiger partial charge >= 0.3 is 0 Å². The number of anilines is 1. The first-order valence-corrected chi connectivity index (χ1v) is 6.68. The molecule has 0 bridgehead atoms. The first-order valence-electron chi connectivity index (χ1n) is 5.20. The van der Waals surface area contributed by atoms with Crippen molar-refractivity contribution >= 4 is 15.8 Å². The number of H-pyrrole nitrogens is 1. The molecule has 2 heterocycles. The summed E-state index contributed by atoms with van der Waals surface area (Å²) in [4.78, 5) is 0.233. The van der Waals surface area contributed by atoms with Crippen molar-refractivity contribution in [3.8, 4) is 0 Å². The van der Waals surface area contributed by atoms with E-state index >= 15 is 0 Å². The lowest BCUT2D eigenvalue weighted by molar-refractivity contribution is 0.600. The second-order valence-electron chi connectivity index (χ2n) is 3.74. The molecule has 0 saturated heterocycles. The third kappa shape index (κ3) is 2.33. The number of nitrogens with one attached hydrogen (secondary N) is 2. The molecular weight excluding hydrogens is 240 g/mol. The summed E-state index contributed by atoms with van der Waals surface area (Å²) in [6, 6.07) is 1.55. The van der Waals surface area contributed by atoms with Crippen LogP contribution in [0.3, 0.4) is 0 Å². The number of hydrogen-bond donors (Lipinski definition) is 2. The van der Waals surface area contributed by atoms with Crippen LogP contribution < -0.4 is 4.72 Å². The van der Waals surface area contributed by atoms with Crippen molar-refractivity contribution in [3.63, 3.8) is 0 Å². The molecule has 2 aromatic rings. The Hall–Kier alpha value is -1.76. The summed E-state index contributed by atoms with van der Waals surface area (Å²) in [7, 11) is -1.77. The minimum absolute atomic E-state index is 0.233. The molecule has 0 atom stereocenters. The van der Waals surface area contributed by atoms with E-state index in [1.165, 1.54) is 0 Å². The molecule has 7 heteroatoms. The average molecular weight is 254 g/mol. The maximum Gasteiger partial charge on any atom is 0.264 e. The van der Waals surface area contributed by atoms with Gasteiger partial charge in [-0.05, 0) is 12.5 Å². The van der Waals surface area contributed by atoms with Crippen LogP contribution in [0, 0.1) is 0 Å². The third-order valence-corrected chi connectivity index (χ3v) is 3.79. The average Bonchev–Trinajstić information content (AvgIpc) is 2.86. The summed E-state index contributed by atoms with van der Waals surface area (Å²) in [5.41, 5.74) is 0.838. The van der Waals surface area contributed by atoms with Crippen LogP contribution in [0.2, 0.25) is 0 Å². The van der Waals surface area contributed by atoms with Gasteiger partial charge in [0.25, 0.3) is 10.0 Å². The molecule has 0 fully saturated rings. The molecule has 2 N–H and O–H groups in total. The smallest absolute Gasteiger partial charge is 0.264 e. The van der Waals surface area contributed by atoms with Crippen LogP contribution in [0.4, 0.5) is 5.82 Å². The molecule has 0 radical (unpaired) electrons. The largest absolute Gasteiger partial charge is 0.356 e. The zero-order valence-electron chi connectivity index (χ0n) is 9.64. The normalized spacial score (nSPS) is 11.6. The second kappa shape index (κ2) is 4.25. The van der Waals surface area contributed by atoms with Crippen molar-refractivity contribution in [2.75, 3.05) is 4.72 Å². The molecule has 0 aliphatic carbocycles. The van der Waals surface area contributed by atoms with Crippen LogP contribution >= 0.6 is 0 Å². The Labute approximate surface area is 99.7 Å². The van der Waals surface area contributed by atoms with E-state index in [1.54, 1.807) is 36.3 Å². The van der Waals surface area contributed by atoms with Crippen molar-refractivity contribution in [1.29, 1.82) is 0 Å². The van der Waals surface area contributed by atoms with Gasteiger partial charge < -0.3 is 4.57 Å². The van der Waals surface area contributed by atoms with E-state index < -0.39 is 10.0 Å². The van der Waals surface area contributed by atoms with Gasteiger partial charge in [-0.2, -0.15) is 5.10 Å². The summed E-state index contributed by atoms with van der Waals surface area (Å²) in [6.45, 7) is 1.94. The molecule has 17 heavy (non-hydrogen) atoms. The Morgan fingerprint density at radius 2 is 2.29 bits per heavy atom. The first kappa shape index (κ1) is 11.7. The molecular formula is C10H14N4O2S. The number of aryl methyl sites for hydroxylation is 2. The third-order valence-electron chi connectivity index (χ3n) is 2.45. The van der Waals surface area contributed by atoms with Gasteiger partial charge in [0.2, 0.25) is 0 Å². The van der Waals surface area contributed by atoms with Gasteiger partial charge in [-0.25, -0.2) is 8.42 Å². The molecule has 2 rings (SSSR count). The molecule has 2 aromatic heterocycles. The lowest BCUT2D eigenvalue weighted by Gasteiger charge is -2.05. The number of rotatable bonds is 4. The fourth-order valence-electron chi connectivity index (χ4n) is 1.50. The van der Waals surface area contributed by atoms with E-state index in [1.807, 2.05) is 6.92 Å². The predicted octanol–water partition coefficient (Wildman–Crippen LogP) is 1.11. The summed E-state index contributed by atoms with van der Waals surface area (Å²) >= 11 is 0. The molecule has 0 aromatic carbocycles. The van der Waals surface area contributed by atoms with Gasteiger partial charge in [0.1, 0.15) is 10.7 Å². The minimum atomic E-state index is -3.54. The highest BCUT2D eigenvalue weighted by Gasteiger charge is 2.17. The maximum absolute atomic E-state index is 12.0. The molecule has 92 valence electrons. The van der Waals surface area contributed by atoms with Crippen molar-refractivity contribution in [2.24, 2.45) is 7.05 Å². The fourth-order valence-corrected chi connectivity index (χ4v) is 2.61. The number of sulfonamides is 1. The van der Waals surface area contributed by atoms with Crippen molar-refractivity contribution in [2.45, 2.75) is 18.2 Å². The van der Waals surface area contributed by atoms with Gasteiger partial charge in [0, 0.05) is 25.0 Å². The topological polar surface area (TPSA) is 79.8 Å². The Morgan fingerprint density at radius 3 is 2.88 bits per heavy atom. The number of nitrogens with zero attached hydrogens (tertiary/aromatic N) is 2. The monoisotopic (exact) mass is 254 g/mol. The molecule has 0 amide bonds. The molecule has 0 spiro atoms. The lowest BCUT2D eigenvalue weighted by atomic mass is 10.3. The standard InChI is InChI=1S/C10H14N4O2S/c1-3-8-6-11-12-10(8)13-17(15,16)9-4-5-14(2)7-9/h4-7H,3H2,1-2H3,(H2,11,12,13). The lowest BCUT2D eigenvalue weighted by Crippen LogP contribution is -2.13. The van der Waals surface area contributed by atoms with Crippen LogP contribution in [0.25, 0.3) is 0 Å². The first-order chi connectivity index (χ1) is 8.03. The van der Waals surface area contributed by atoms with Gasteiger partial charge in [-0.3, -0.25) is 9.82 Å². The highest BCUT2D eigenvalue weighted by Crippen LogP contribution is 2.17. The maximum atomic E-state index is 12.0. The van der Waals surface area contributed by atoms with Gasteiger partial charge in [-0.15, -0.1) is 0 Å². The molecule has 6 nitrogen and oxygen atoms in total. The van der Waals surface area contributed by atoms with Gasteiger partial charge in [0.05, 0.1) is 6.20 Å². The minimum Gasteiger partial charge on any atom is -0.356 e. The predicted molar refractivity (Wildman–Crippen MR) is 64.2 cm³/mol. The van der Waals surface area contributed by atoms with Crippen LogP contribution in [-0.4, -0.2) is 23.2 Å². The molecule has 0 aliphatic heterocycles. The molecule has 0 aliphatic rings. The van der Waals surface area contributed by atoms with E-state index in [9.17, 15) is 8.42 Å². The van der Waals surface area contributed by atoms with Gasteiger partial charge in [-0.1, -0.05) is 6.92 Å². The van der Waals surface area contributed by atoms with E-state index in [0.717, 1.165) is 5.56 Å². The van der Waals surface area contributed by atoms with Crippen LogP contribution in [0.5, 0.6) is 0 Å². The highest BCUT2D eigenvalue weighted by atomic mass is 32.2. The Bertz CT molecular complexity index is 612. The number of aromatic amines is 1. The quantitative estimate of drug-likeness (QED) is 0.857. The number of aromatic nitrogens is 3. The van der Waals surface area contributed by atoms with E-state index in [4.69, 9.17) is 0 Å².